The summed E-state index contributed by atoms with van der Waals surface area (Å²) in [5.74, 6) is 0.0645. The first-order valence-electron chi connectivity index (χ1n) is 8.61. The van der Waals surface area contributed by atoms with Crippen LogP contribution in [0.2, 0.25) is 0 Å². The van der Waals surface area contributed by atoms with Crippen LogP contribution >= 0.6 is 11.8 Å². The minimum atomic E-state index is -0.372. The minimum Gasteiger partial charge on any atom is -0.411 e. The number of nitrogens with zero attached hydrogens (tertiary/aromatic N) is 2. The Morgan fingerprint density at radius 3 is 2.67 bits per heavy atom. The molecule has 0 aliphatic rings. The van der Waals surface area contributed by atoms with Crippen molar-refractivity contribution in [1.29, 1.82) is 0 Å². The smallest absolute Gasteiger partial charge is 0.277 e. The van der Waals surface area contributed by atoms with E-state index in [-0.39, 0.29) is 17.0 Å². The number of aromatic nitrogens is 2. The number of nitrogens with one attached hydrogen (secondary N) is 1. The van der Waals surface area contributed by atoms with Gasteiger partial charge in [0, 0.05) is 12.1 Å². The lowest BCUT2D eigenvalue weighted by Crippen LogP contribution is -2.32. The number of halogens is 1. The number of hydrogen-bond donors (Lipinski definition) is 1. The van der Waals surface area contributed by atoms with Crippen molar-refractivity contribution >= 4 is 17.7 Å². The number of carbonyl (C=O) groups is 1. The fraction of sp³-hybridized carbons (Fsp3) is 0.250. The number of aryl methyl sites for hydroxylation is 1. The van der Waals surface area contributed by atoms with E-state index in [2.05, 4.69) is 15.5 Å². The van der Waals surface area contributed by atoms with Crippen LogP contribution in [0.5, 0.6) is 0 Å². The van der Waals surface area contributed by atoms with Gasteiger partial charge >= 0.3 is 0 Å². The van der Waals surface area contributed by atoms with E-state index >= 15 is 0 Å². The predicted molar refractivity (Wildman–Crippen MR) is 103 cm³/mol. The molecular formula is C20H20FN3O2S. The molecule has 2 aromatic carbocycles. The summed E-state index contributed by atoms with van der Waals surface area (Å²) in [4.78, 5) is 12.2. The van der Waals surface area contributed by atoms with Crippen molar-refractivity contribution in [2.75, 3.05) is 6.54 Å². The first-order chi connectivity index (χ1) is 13.0. The molecule has 0 spiro atoms. The summed E-state index contributed by atoms with van der Waals surface area (Å²) in [7, 11) is 0. The molecule has 0 saturated carbocycles. The topological polar surface area (TPSA) is 68.0 Å². The minimum absolute atomic E-state index is 0.113. The van der Waals surface area contributed by atoms with Crippen LogP contribution in [0, 0.1) is 12.7 Å². The van der Waals surface area contributed by atoms with E-state index in [1.807, 2.05) is 31.2 Å². The summed E-state index contributed by atoms with van der Waals surface area (Å²) in [6, 6.07) is 14.0. The molecule has 0 aliphatic heterocycles. The van der Waals surface area contributed by atoms with Crippen molar-refractivity contribution in [3.05, 3.63) is 65.5 Å². The molecule has 1 atom stereocenters. The van der Waals surface area contributed by atoms with E-state index in [1.165, 1.54) is 23.9 Å². The average molecular weight is 385 g/mol. The van der Waals surface area contributed by atoms with Crippen molar-refractivity contribution in [3.8, 4) is 11.5 Å². The normalized spacial score (nSPS) is 12.0. The zero-order valence-electron chi connectivity index (χ0n) is 15.1. The number of amides is 1. The lowest BCUT2D eigenvalue weighted by molar-refractivity contribution is -0.120. The van der Waals surface area contributed by atoms with E-state index in [1.54, 1.807) is 19.1 Å². The Bertz CT molecular complexity index is 912. The monoisotopic (exact) mass is 385 g/mol. The van der Waals surface area contributed by atoms with Gasteiger partial charge in [-0.2, -0.15) is 0 Å². The van der Waals surface area contributed by atoms with Gasteiger partial charge in [-0.1, -0.05) is 42.1 Å². The molecule has 0 saturated heterocycles. The van der Waals surface area contributed by atoms with Gasteiger partial charge in [0.1, 0.15) is 5.82 Å². The van der Waals surface area contributed by atoms with E-state index in [0.717, 1.165) is 16.7 Å². The highest BCUT2D eigenvalue weighted by molar-refractivity contribution is 8.00. The van der Waals surface area contributed by atoms with Gasteiger partial charge in [0.2, 0.25) is 11.8 Å². The molecule has 3 rings (SSSR count). The Hall–Kier alpha value is -2.67. The molecule has 1 N–H and O–H groups in total. The lowest BCUT2D eigenvalue weighted by Gasteiger charge is -2.09. The Labute approximate surface area is 161 Å². The van der Waals surface area contributed by atoms with E-state index in [9.17, 15) is 9.18 Å². The molecule has 0 aliphatic carbocycles. The summed E-state index contributed by atoms with van der Waals surface area (Å²) in [5.41, 5.74) is 2.90. The van der Waals surface area contributed by atoms with Crippen LogP contribution < -0.4 is 5.32 Å². The summed E-state index contributed by atoms with van der Waals surface area (Å²) in [6.07, 6.45) is 0.640. The standard InChI is InChI=1S/C20H20FN3O2S/c1-13-5-3-4-6-17(13)19-23-24-20(26-19)27-14(2)18(25)22-12-11-15-7-9-16(21)10-8-15/h3-10,14H,11-12H2,1-2H3,(H,22,25)/t14-/m1/s1. The van der Waals surface area contributed by atoms with Crippen LogP contribution in [0.15, 0.2) is 58.2 Å². The van der Waals surface area contributed by atoms with Crippen LogP contribution in [0.25, 0.3) is 11.5 Å². The highest BCUT2D eigenvalue weighted by Gasteiger charge is 2.18. The maximum Gasteiger partial charge on any atom is 0.277 e. The molecule has 0 fully saturated rings. The number of benzene rings is 2. The van der Waals surface area contributed by atoms with Gasteiger partial charge < -0.3 is 9.73 Å². The largest absolute Gasteiger partial charge is 0.411 e. The van der Waals surface area contributed by atoms with E-state index in [0.29, 0.717) is 24.1 Å². The molecule has 7 heteroatoms. The second-order valence-corrected chi connectivity index (χ2v) is 7.41. The second kappa shape index (κ2) is 8.81. The number of rotatable bonds is 7. The third-order valence-electron chi connectivity index (χ3n) is 4.05. The summed E-state index contributed by atoms with van der Waals surface area (Å²) >= 11 is 1.22. The third kappa shape index (κ3) is 5.17. The molecule has 27 heavy (non-hydrogen) atoms. The predicted octanol–water partition coefficient (Wildman–Crippen LogP) is 4.02. The van der Waals surface area contributed by atoms with Crippen molar-refractivity contribution in [2.24, 2.45) is 0 Å². The first kappa shape index (κ1) is 19.1. The van der Waals surface area contributed by atoms with Crippen molar-refractivity contribution in [2.45, 2.75) is 30.7 Å². The van der Waals surface area contributed by atoms with Crippen molar-refractivity contribution < 1.29 is 13.6 Å². The van der Waals surface area contributed by atoms with Crippen LogP contribution in [-0.2, 0) is 11.2 Å². The number of thioether (sulfide) groups is 1. The maximum absolute atomic E-state index is 12.9. The average Bonchev–Trinajstić information content (AvgIpc) is 3.11. The van der Waals surface area contributed by atoms with Crippen LogP contribution in [-0.4, -0.2) is 27.9 Å². The Morgan fingerprint density at radius 1 is 1.19 bits per heavy atom. The zero-order valence-corrected chi connectivity index (χ0v) is 15.9. The van der Waals surface area contributed by atoms with Gasteiger partial charge in [-0.05, 0) is 49.6 Å². The molecule has 3 aromatic rings. The van der Waals surface area contributed by atoms with Crippen molar-refractivity contribution in [3.63, 3.8) is 0 Å². The summed E-state index contributed by atoms with van der Waals surface area (Å²) < 4.78 is 18.6. The van der Waals surface area contributed by atoms with Gasteiger partial charge in [-0.3, -0.25) is 4.79 Å². The molecule has 1 aromatic heterocycles. The molecule has 140 valence electrons. The highest BCUT2D eigenvalue weighted by Crippen LogP contribution is 2.27. The fourth-order valence-corrected chi connectivity index (χ4v) is 3.22. The lowest BCUT2D eigenvalue weighted by atomic mass is 10.1. The van der Waals surface area contributed by atoms with Gasteiger partial charge in [0.05, 0.1) is 5.25 Å². The molecule has 0 bridgehead atoms. The molecule has 0 unspecified atom stereocenters. The number of carbonyl (C=O) groups excluding carboxylic acids is 1. The maximum atomic E-state index is 12.9. The van der Waals surface area contributed by atoms with Gasteiger partial charge in [0.15, 0.2) is 0 Å². The van der Waals surface area contributed by atoms with Crippen LogP contribution in [0.1, 0.15) is 18.1 Å². The molecular weight excluding hydrogens is 365 g/mol. The summed E-state index contributed by atoms with van der Waals surface area (Å²) in [5, 5.41) is 10.9. The van der Waals surface area contributed by atoms with Gasteiger partial charge in [-0.25, -0.2) is 4.39 Å². The zero-order chi connectivity index (χ0) is 19.2. The Morgan fingerprint density at radius 2 is 1.93 bits per heavy atom. The Kier molecular flexibility index (Phi) is 6.24. The van der Waals surface area contributed by atoms with Gasteiger partial charge in [0.25, 0.3) is 5.22 Å². The summed E-state index contributed by atoms with van der Waals surface area (Å²) in [6.45, 7) is 4.24. The first-order valence-corrected chi connectivity index (χ1v) is 9.49. The van der Waals surface area contributed by atoms with E-state index < -0.39 is 0 Å². The van der Waals surface area contributed by atoms with E-state index in [4.69, 9.17) is 4.42 Å². The molecule has 0 radical (unpaired) electrons. The van der Waals surface area contributed by atoms with Crippen LogP contribution in [0.4, 0.5) is 4.39 Å². The van der Waals surface area contributed by atoms with Crippen molar-refractivity contribution in [1.82, 2.24) is 15.5 Å². The van der Waals surface area contributed by atoms with Gasteiger partial charge in [-0.15, -0.1) is 10.2 Å². The number of hydrogen-bond acceptors (Lipinski definition) is 5. The Balaban J connectivity index is 1.51. The van der Waals surface area contributed by atoms with Crippen LogP contribution in [0.3, 0.4) is 0 Å². The highest BCUT2D eigenvalue weighted by atomic mass is 32.2. The quantitative estimate of drug-likeness (QED) is 0.622. The third-order valence-corrected chi connectivity index (χ3v) is 4.99. The molecule has 5 nitrogen and oxygen atoms in total. The molecule has 1 amide bonds. The SMILES string of the molecule is Cc1ccccc1-c1nnc(S[C@H](C)C(=O)NCCc2ccc(F)cc2)o1. The fourth-order valence-electron chi connectivity index (χ4n) is 2.51. The molecule has 1 heterocycles. The second-order valence-electron chi connectivity index (χ2n) is 6.12.